The fourth-order valence-corrected chi connectivity index (χ4v) is 6.20. The number of amides is 2. The van der Waals surface area contributed by atoms with Crippen molar-refractivity contribution in [3.8, 4) is 5.75 Å². The minimum absolute atomic E-state index is 0.124. The van der Waals surface area contributed by atoms with E-state index < -0.39 is 0 Å². The highest BCUT2D eigenvalue weighted by Gasteiger charge is 2.36. The van der Waals surface area contributed by atoms with Crippen LogP contribution in [0, 0.1) is 12.8 Å². The van der Waals surface area contributed by atoms with Crippen molar-refractivity contribution in [2.45, 2.75) is 58.1 Å². The number of benzene rings is 2. The molecule has 2 amide bonds. The van der Waals surface area contributed by atoms with Crippen molar-refractivity contribution >= 4 is 11.8 Å². The van der Waals surface area contributed by atoms with Crippen molar-refractivity contribution < 1.29 is 18.7 Å². The first-order valence-electron chi connectivity index (χ1n) is 14.9. The molecular weight excluding hydrogens is 526 g/mol. The zero-order valence-corrected chi connectivity index (χ0v) is 24.1. The average molecular weight is 564 g/mol. The zero-order valence-electron chi connectivity index (χ0n) is 24.1. The Labute approximate surface area is 246 Å². The number of ether oxygens (including phenoxy) is 1. The first-order chi connectivity index (χ1) is 20.5. The zero-order chi connectivity index (χ0) is 28.9. The van der Waals surface area contributed by atoms with Crippen LogP contribution in [0.25, 0.3) is 0 Å². The highest BCUT2D eigenvalue weighted by Crippen LogP contribution is 2.40. The Balaban J connectivity index is 1.15. The number of aryl methyl sites for hydroxylation is 1. The minimum atomic E-state index is -0.265. The first-order valence-corrected chi connectivity index (χ1v) is 14.9. The van der Waals surface area contributed by atoms with Crippen molar-refractivity contribution in [2.75, 3.05) is 13.1 Å². The van der Waals surface area contributed by atoms with Crippen molar-refractivity contribution in [2.24, 2.45) is 5.92 Å². The summed E-state index contributed by atoms with van der Waals surface area (Å²) in [5.41, 5.74) is 5.58. The number of carbonyl (C=O) groups excluding carboxylic acids is 2. The van der Waals surface area contributed by atoms with E-state index in [0.29, 0.717) is 24.5 Å². The van der Waals surface area contributed by atoms with Crippen LogP contribution in [-0.2, 0) is 24.2 Å². The lowest BCUT2D eigenvalue weighted by Gasteiger charge is -2.39. The molecule has 1 aliphatic heterocycles. The van der Waals surface area contributed by atoms with Gasteiger partial charge in [-0.05, 0) is 79.3 Å². The van der Waals surface area contributed by atoms with Crippen LogP contribution in [0.15, 0.2) is 83.4 Å². The number of pyridine rings is 1. The molecule has 0 unspecified atom stereocenters. The lowest BCUT2D eigenvalue weighted by Crippen LogP contribution is -2.43. The van der Waals surface area contributed by atoms with Crippen molar-refractivity contribution in [1.82, 2.24) is 15.2 Å². The molecule has 2 aromatic carbocycles. The molecule has 1 aliphatic carbocycles. The molecule has 6 rings (SSSR count). The Bertz CT molecular complexity index is 1540. The molecule has 2 aliphatic rings. The highest BCUT2D eigenvalue weighted by atomic mass is 16.5. The SMILES string of the molecule is Cc1cccc([C@@H]2c3cc(OCc4ccc(C(=O)NCCc5ccccn5)o4)ccc3CCN2C(=O)C2CCCC2)c1. The molecule has 1 atom stereocenters. The number of fused-ring (bicyclic) bond motifs is 1. The molecule has 1 saturated carbocycles. The Morgan fingerprint density at radius 1 is 1.02 bits per heavy atom. The summed E-state index contributed by atoms with van der Waals surface area (Å²) in [4.78, 5) is 32.7. The van der Waals surface area contributed by atoms with Crippen LogP contribution >= 0.6 is 0 Å². The molecule has 4 aromatic rings. The predicted molar refractivity (Wildman–Crippen MR) is 160 cm³/mol. The summed E-state index contributed by atoms with van der Waals surface area (Å²) in [6, 6.07) is 23.7. The molecule has 7 heteroatoms. The maximum Gasteiger partial charge on any atom is 0.287 e. The minimum Gasteiger partial charge on any atom is -0.486 e. The van der Waals surface area contributed by atoms with Crippen molar-refractivity contribution in [3.05, 3.63) is 118 Å². The van der Waals surface area contributed by atoms with Crippen LogP contribution in [0.1, 0.15) is 76.0 Å². The molecule has 0 radical (unpaired) electrons. The molecular formula is C35H37N3O4. The summed E-state index contributed by atoms with van der Waals surface area (Å²) in [7, 11) is 0. The summed E-state index contributed by atoms with van der Waals surface area (Å²) >= 11 is 0. The molecule has 216 valence electrons. The molecule has 7 nitrogen and oxygen atoms in total. The molecule has 0 bridgehead atoms. The van der Waals surface area contributed by atoms with E-state index >= 15 is 0 Å². The predicted octanol–water partition coefficient (Wildman–Crippen LogP) is 6.20. The molecule has 0 saturated heterocycles. The molecule has 1 fully saturated rings. The van der Waals surface area contributed by atoms with Crippen LogP contribution < -0.4 is 10.1 Å². The summed E-state index contributed by atoms with van der Waals surface area (Å²) in [5, 5.41) is 2.88. The van der Waals surface area contributed by atoms with Gasteiger partial charge in [-0.25, -0.2) is 0 Å². The van der Waals surface area contributed by atoms with E-state index in [4.69, 9.17) is 9.15 Å². The number of nitrogens with zero attached hydrogens (tertiary/aromatic N) is 2. The lowest BCUT2D eigenvalue weighted by molar-refractivity contribution is -0.137. The summed E-state index contributed by atoms with van der Waals surface area (Å²) in [5.74, 6) is 1.66. The van der Waals surface area contributed by atoms with Gasteiger partial charge in [-0.15, -0.1) is 0 Å². The largest absolute Gasteiger partial charge is 0.486 e. The molecule has 1 N–H and O–H groups in total. The Hall–Kier alpha value is -4.39. The maximum absolute atomic E-state index is 13.7. The maximum atomic E-state index is 13.7. The van der Waals surface area contributed by atoms with Crippen LogP contribution in [0.5, 0.6) is 5.75 Å². The number of rotatable bonds is 9. The van der Waals surface area contributed by atoms with Gasteiger partial charge in [0.05, 0.1) is 6.04 Å². The Kier molecular flexibility index (Phi) is 8.35. The van der Waals surface area contributed by atoms with E-state index in [1.807, 2.05) is 24.3 Å². The fourth-order valence-electron chi connectivity index (χ4n) is 6.20. The van der Waals surface area contributed by atoms with Gasteiger partial charge in [0.1, 0.15) is 18.1 Å². The summed E-state index contributed by atoms with van der Waals surface area (Å²) in [6.07, 6.45) is 7.46. The second-order valence-electron chi connectivity index (χ2n) is 11.3. The lowest BCUT2D eigenvalue weighted by atomic mass is 9.86. The smallest absolute Gasteiger partial charge is 0.287 e. The standard InChI is InChI=1S/C35H37N3O4/c1-24-7-6-10-27(21-24)33-31-22-29(13-12-25(31)17-20-38(33)35(40)26-8-2-3-9-26)41-23-30-14-15-32(42-30)34(39)37-19-16-28-11-4-5-18-36-28/h4-7,10-15,18,21-22,26,33H,2-3,8-9,16-17,19-20,23H2,1H3,(H,37,39)/t33-/m1/s1. The van der Waals surface area contributed by atoms with Gasteiger partial charge < -0.3 is 19.4 Å². The first kappa shape index (κ1) is 27.8. The van der Waals surface area contributed by atoms with Crippen LogP contribution in [0.2, 0.25) is 0 Å². The second kappa shape index (κ2) is 12.6. The van der Waals surface area contributed by atoms with Gasteiger partial charge in [0, 0.05) is 37.3 Å². The van der Waals surface area contributed by atoms with Gasteiger partial charge >= 0.3 is 0 Å². The van der Waals surface area contributed by atoms with E-state index in [9.17, 15) is 9.59 Å². The number of carbonyl (C=O) groups is 2. The number of hydrogen-bond acceptors (Lipinski definition) is 5. The number of aromatic nitrogens is 1. The van der Waals surface area contributed by atoms with E-state index in [1.54, 1.807) is 18.3 Å². The average Bonchev–Trinajstić information content (AvgIpc) is 3.73. The Morgan fingerprint density at radius 2 is 1.90 bits per heavy atom. The quantitative estimate of drug-likeness (QED) is 0.262. The summed E-state index contributed by atoms with van der Waals surface area (Å²) < 4.78 is 11.9. The highest BCUT2D eigenvalue weighted by molar-refractivity contribution is 5.91. The summed E-state index contributed by atoms with van der Waals surface area (Å²) in [6.45, 7) is 3.48. The van der Waals surface area contributed by atoms with Gasteiger partial charge in [-0.3, -0.25) is 14.6 Å². The van der Waals surface area contributed by atoms with Crippen LogP contribution in [0.3, 0.4) is 0 Å². The molecule has 3 heterocycles. The second-order valence-corrected chi connectivity index (χ2v) is 11.3. The van der Waals surface area contributed by atoms with Gasteiger partial charge in [0.15, 0.2) is 5.76 Å². The molecule has 2 aromatic heterocycles. The van der Waals surface area contributed by atoms with Crippen LogP contribution in [0.4, 0.5) is 0 Å². The van der Waals surface area contributed by atoms with Crippen molar-refractivity contribution in [3.63, 3.8) is 0 Å². The fraction of sp³-hybridized carbons (Fsp3) is 0.343. The molecule has 42 heavy (non-hydrogen) atoms. The van der Waals surface area contributed by atoms with Gasteiger partial charge in [0.25, 0.3) is 5.91 Å². The van der Waals surface area contributed by atoms with Gasteiger partial charge in [-0.1, -0.05) is 54.8 Å². The van der Waals surface area contributed by atoms with E-state index in [-0.39, 0.29) is 36.1 Å². The van der Waals surface area contributed by atoms with E-state index in [0.717, 1.165) is 55.5 Å². The van der Waals surface area contributed by atoms with Crippen LogP contribution in [-0.4, -0.2) is 34.8 Å². The number of nitrogens with one attached hydrogen (secondary N) is 1. The third-order valence-corrected chi connectivity index (χ3v) is 8.35. The van der Waals surface area contributed by atoms with Gasteiger partial charge in [-0.2, -0.15) is 0 Å². The molecule has 0 spiro atoms. The van der Waals surface area contributed by atoms with Crippen molar-refractivity contribution in [1.29, 1.82) is 0 Å². The number of hydrogen-bond donors (Lipinski definition) is 1. The Morgan fingerprint density at radius 3 is 2.71 bits per heavy atom. The van der Waals surface area contributed by atoms with Gasteiger partial charge in [0.2, 0.25) is 5.91 Å². The van der Waals surface area contributed by atoms with E-state index in [2.05, 4.69) is 58.5 Å². The third-order valence-electron chi connectivity index (χ3n) is 8.35. The van der Waals surface area contributed by atoms with E-state index in [1.165, 1.54) is 11.1 Å². The monoisotopic (exact) mass is 563 g/mol. The normalized spacial score (nSPS) is 16.7. The topological polar surface area (TPSA) is 84.7 Å². The third kappa shape index (κ3) is 6.25. The number of furan rings is 1.